The van der Waals surface area contributed by atoms with Gasteiger partial charge in [0.1, 0.15) is 0 Å². The van der Waals surface area contributed by atoms with Crippen LogP contribution in [-0.2, 0) is 4.74 Å². The van der Waals surface area contributed by atoms with Crippen molar-refractivity contribution in [3.63, 3.8) is 0 Å². The van der Waals surface area contributed by atoms with Crippen LogP contribution >= 0.6 is 11.6 Å². The van der Waals surface area contributed by atoms with Crippen molar-refractivity contribution in [2.45, 2.75) is 13.0 Å². The predicted octanol–water partition coefficient (Wildman–Crippen LogP) is 3.52. The number of hydrogen-bond donors (Lipinski definition) is 1. The molecule has 0 bridgehead atoms. The van der Waals surface area contributed by atoms with E-state index in [2.05, 4.69) is 27.6 Å². The summed E-state index contributed by atoms with van der Waals surface area (Å²) < 4.78 is 5.47. The molecule has 0 spiro atoms. The molecule has 1 atom stereocenters. The Morgan fingerprint density at radius 3 is 2.58 bits per heavy atom. The first kappa shape index (κ1) is 18.6. The third-order valence-electron chi connectivity index (χ3n) is 4.34. The number of rotatable bonds is 5. The van der Waals surface area contributed by atoms with E-state index in [4.69, 9.17) is 16.3 Å². The quantitative estimate of drug-likeness (QED) is 0.646. The van der Waals surface area contributed by atoms with Gasteiger partial charge in [-0.25, -0.2) is 5.43 Å². The molecule has 2 aromatic rings. The van der Waals surface area contributed by atoms with Gasteiger partial charge in [-0.05, 0) is 30.7 Å². The van der Waals surface area contributed by atoms with Crippen LogP contribution < -0.4 is 5.43 Å². The first-order valence-electron chi connectivity index (χ1n) is 8.62. The zero-order chi connectivity index (χ0) is 18.4. The minimum Gasteiger partial charge on any atom is -0.379 e. The number of amides is 1. The summed E-state index contributed by atoms with van der Waals surface area (Å²) >= 11 is 5.95. The number of benzene rings is 2. The highest BCUT2D eigenvalue weighted by molar-refractivity contribution is 6.30. The second-order valence-electron chi connectivity index (χ2n) is 6.17. The topological polar surface area (TPSA) is 53.9 Å². The molecule has 1 N–H and O–H groups in total. The van der Waals surface area contributed by atoms with Crippen LogP contribution in [0.1, 0.15) is 28.9 Å². The lowest BCUT2D eigenvalue weighted by molar-refractivity contribution is 0.0285. The fourth-order valence-electron chi connectivity index (χ4n) is 3.08. The largest absolute Gasteiger partial charge is 0.379 e. The zero-order valence-corrected chi connectivity index (χ0v) is 15.4. The first-order valence-corrected chi connectivity index (χ1v) is 9.00. The number of nitrogens with zero attached hydrogens (tertiary/aromatic N) is 2. The Morgan fingerprint density at radius 1 is 1.15 bits per heavy atom. The van der Waals surface area contributed by atoms with Crippen molar-refractivity contribution in [2.24, 2.45) is 5.10 Å². The van der Waals surface area contributed by atoms with Gasteiger partial charge in [0.2, 0.25) is 0 Å². The maximum absolute atomic E-state index is 12.3. The Kier molecular flexibility index (Phi) is 6.39. The lowest BCUT2D eigenvalue weighted by Crippen LogP contribution is -2.42. The molecule has 1 amide bonds. The van der Waals surface area contributed by atoms with Crippen molar-refractivity contribution < 1.29 is 9.53 Å². The fraction of sp³-hybridized carbons (Fsp3) is 0.300. The number of nitrogens with one attached hydrogen (secondary N) is 1. The molecule has 0 unspecified atom stereocenters. The van der Waals surface area contributed by atoms with E-state index in [1.807, 2.05) is 25.1 Å². The van der Waals surface area contributed by atoms with Gasteiger partial charge in [-0.15, -0.1) is 0 Å². The Balaban J connectivity index is 1.79. The highest BCUT2D eigenvalue weighted by Gasteiger charge is 2.25. The standard InChI is InChI=1S/C20H22ClN3O2/c1-15(22-23-20(25)17-8-5-9-18(21)14-17)19(16-6-3-2-4-7-16)24-10-12-26-13-11-24/h2-9,14,19H,10-13H2,1H3,(H,23,25)/b22-15-/t19-/m1/s1. The molecule has 1 fully saturated rings. The molecule has 0 aliphatic carbocycles. The fourth-order valence-corrected chi connectivity index (χ4v) is 3.27. The summed E-state index contributed by atoms with van der Waals surface area (Å²) in [4.78, 5) is 14.6. The van der Waals surface area contributed by atoms with Crippen LogP contribution in [0.3, 0.4) is 0 Å². The Hall–Kier alpha value is -2.21. The van der Waals surface area contributed by atoms with Crippen LogP contribution in [0.15, 0.2) is 59.7 Å². The minimum absolute atomic E-state index is 0.000221. The van der Waals surface area contributed by atoms with E-state index in [-0.39, 0.29) is 11.9 Å². The van der Waals surface area contributed by atoms with Gasteiger partial charge < -0.3 is 4.74 Å². The Morgan fingerprint density at radius 2 is 1.88 bits per heavy atom. The average Bonchev–Trinajstić information content (AvgIpc) is 2.68. The van der Waals surface area contributed by atoms with Crippen molar-refractivity contribution in [1.29, 1.82) is 0 Å². The van der Waals surface area contributed by atoms with Crippen LogP contribution in [0.5, 0.6) is 0 Å². The van der Waals surface area contributed by atoms with E-state index in [1.165, 1.54) is 0 Å². The number of halogens is 1. The summed E-state index contributed by atoms with van der Waals surface area (Å²) in [5.74, 6) is -0.277. The molecule has 0 aromatic heterocycles. The summed E-state index contributed by atoms with van der Waals surface area (Å²) in [5.41, 5.74) is 5.10. The molecule has 136 valence electrons. The van der Waals surface area contributed by atoms with E-state index < -0.39 is 0 Å². The van der Waals surface area contributed by atoms with Crippen LogP contribution in [0, 0.1) is 0 Å². The number of carbonyl (C=O) groups excluding carboxylic acids is 1. The zero-order valence-electron chi connectivity index (χ0n) is 14.7. The van der Waals surface area contributed by atoms with E-state index in [0.717, 1.165) is 24.4 Å². The average molecular weight is 372 g/mol. The van der Waals surface area contributed by atoms with Crippen LogP contribution in [0.2, 0.25) is 5.02 Å². The molecular formula is C20H22ClN3O2. The molecule has 0 saturated carbocycles. The second kappa shape index (κ2) is 8.94. The van der Waals surface area contributed by atoms with E-state index in [1.54, 1.807) is 24.3 Å². The number of ether oxygens (including phenoxy) is 1. The lowest BCUT2D eigenvalue weighted by Gasteiger charge is -2.34. The third-order valence-corrected chi connectivity index (χ3v) is 4.58. The second-order valence-corrected chi connectivity index (χ2v) is 6.60. The number of morpholine rings is 1. The molecule has 2 aromatic carbocycles. The number of carbonyl (C=O) groups is 1. The first-order chi connectivity index (χ1) is 12.6. The highest BCUT2D eigenvalue weighted by Crippen LogP contribution is 2.23. The van der Waals surface area contributed by atoms with E-state index in [0.29, 0.717) is 23.8 Å². The van der Waals surface area contributed by atoms with Gasteiger partial charge in [0.25, 0.3) is 5.91 Å². The summed E-state index contributed by atoms with van der Waals surface area (Å²) in [6.07, 6.45) is 0. The summed E-state index contributed by atoms with van der Waals surface area (Å²) in [7, 11) is 0. The van der Waals surface area contributed by atoms with Gasteiger partial charge in [-0.2, -0.15) is 5.10 Å². The molecule has 1 aliphatic rings. The highest BCUT2D eigenvalue weighted by atomic mass is 35.5. The van der Waals surface area contributed by atoms with Crippen molar-refractivity contribution in [2.75, 3.05) is 26.3 Å². The summed E-state index contributed by atoms with van der Waals surface area (Å²) in [6.45, 7) is 4.99. The van der Waals surface area contributed by atoms with Crippen LogP contribution in [0.25, 0.3) is 0 Å². The van der Waals surface area contributed by atoms with E-state index in [9.17, 15) is 4.79 Å². The van der Waals surface area contributed by atoms with Crippen molar-refractivity contribution in [3.05, 3.63) is 70.7 Å². The molecule has 3 rings (SSSR count). The molecule has 0 radical (unpaired) electrons. The molecule has 1 aliphatic heterocycles. The van der Waals surface area contributed by atoms with Crippen molar-refractivity contribution >= 4 is 23.2 Å². The van der Waals surface area contributed by atoms with E-state index >= 15 is 0 Å². The van der Waals surface area contributed by atoms with Gasteiger partial charge in [0.05, 0.1) is 25.0 Å². The number of hydrogen-bond acceptors (Lipinski definition) is 4. The Labute approximate surface area is 158 Å². The number of hydrazone groups is 1. The molecule has 1 heterocycles. The van der Waals surface area contributed by atoms with Gasteiger partial charge in [-0.1, -0.05) is 48.0 Å². The molecule has 6 heteroatoms. The minimum atomic E-state index is -0.277. The van der Waals surface area contributed by atoms with Gasteiger partial charge in [0, 0.05) is 23.7 Å². The smallest absolute Gasteiger partial charge is 0.271 e. The molecular weight excluding hydrogens is 350 g/mol. The van der Waals surface area contributed by atoms with Gasteiger partial charge in [-0.3, -0.25) is 9.69 Å². The monoisotopic (exact) mass is 371 g/mol. The van der Waals surface area contributed by atoms with Gasteiger partial charge >= 0.3 is 0 Å². The SMILES string of the molecule is C/C(=N/NC(=O)c1cccc(Cl)c1)[C@H](c1ccccc1)N1CCOCC1. The molecule has 1 saturated heterocycles. The maximum Gasteiger partial charge on any atom is 0.271 e. The summed E-state index contributed by atoms with van der Waals surface area (Å²) in [5, 5.41) is 4.90. The molecule has 5 nitrogen and oxygen atoms in total. The summed E-state index contributed by atoms with van der Waals surface area (Å²) in [6, 6.07) is 17.0. The third kappa shape index (κ3) is 4.69. The van der Waals surface area contributed by atoms with Crippen LogP contribution in [0.4, 0.5) is 0 Å². The maximum atomic E-state index is 12.3. The molecule has 26 heavy (non-hydrogen) atoms. The lowest BCUT2D eigenvalue weighted by atomic mass is 10.0. The predicted molar refractivity (Wildman–Crippen MR) is 104 cm³/mol. The van der Waals surface area contributed by atoms with Crippen LogP contribution in [-0.4, -0.2) is 42.8 Å². The van der Waals surface area contributed by atoms with Gasteiger partial charge in [0.15, 0.2) is 0 Å². The Bertz CT molecular complexity index is 774. The van der Waals surface area contributed by atoms with Crippen molar-refractivity contribution in [3.8, 4) is 0 Å². The normalized spacial score (nSPS) is 16.9. The van der Waals surface area contributed by atoms with Crippen molar-refractivity contribution in [1.82, 2.24) is 10.3 Å².